The van der Waals surface area contributed by atoms with Crippen molar-refractivity contribution in [3.8, 4) is 0 Å². The molecule has 0 saturated carbocycles. The van der Waals surface area contributed by atoms with Crippen molar-refractivity contribution in [3.63, 3.8) is 0 Å². The summed E-state index contributed by atoms with van der Waals surface area (Å²) in [6.45, 7) is 0.505. The van der Waals surface area contributed by atoms with Gasteiger partial charge in [-0.1, -0.05) is 23.8 Å². The molecule has 0 aliphatic carbocycles. The van der Waals surface area contributed by atoms with Gasteiger partial charge in [-0.2, -0.15) is 0 Å². The molecule has 0 spiro atoms. The van der Waals surface area contributed by atoms with Gasteiger partial charge < -0.3 is 10.7 Å². The number of hydrogen-bond acceptors (Lipinski definition) is 3. The number of fused-ring (bicyclic) bond motifs is 1. The second kappa shape index (κ2) is 3.77. The Labute approximate surface area is 85.8 Å². The van der Waals surface area contributed by atoms with Gasteiger partial charge >= 0.3 is 0 Å². The minimum absolute atomic E-state index is 0.433. The first-order valence-electron chi connectivity index (χ1n) is 4.17. The second-order valence-electron chi connectivity index (χ2n) is 2.77. The molecule has 5 heteroatoms. The molecule has 0 atom stereocenters. The summed E-state index contributed by atoms with van der Waals surface area (Å²) in [6.07, 6.45) is 7.04. The van der Waals surface area contributed by atoms with Crippen LogP contribution in [-0.4, -0.2) is 21.5 Å². The van der Waals surface area contributed by atoms with Crippen molar-refractivity contribution in [1.82, 2.24) is 15.0 Å². The number of aromatic amines is 1. The first-order chi connectivity index (χ1) is 6.83. The van der Waals surface area contributed by atoms with Crippen LogP contribution in [0, 0.1) is 0 Å². The molecular formula is C9H9ClN4. The lowest BCUT2D eigenvalue weighted by Crippen LogP contribution is -1.91. The molecule has 0 unspecified atom stereocenters. The van der Waals surface area contributed by atoms with Gasteiger partial charge in [0.15, 0.2) is 5.15 Å². The van der Waals surface area contributed by atoms with Gasteiger partial charge in [0.25, 0.3) is 0 Å². The molecule has 0 bridgehead atoms. The maximum Gasteiger partial charge on any atom is 0.156 e. The molecule has 0 amide bonds. The van der Waals surface area contributed by atoms with E-state index in [4.69, 9.17) is 17.3 Å². The Bertz CT molecular complexity index is 475. The molecule has 4 nitrogen and oxygen atoms in total. The summed E-state index contributed by atoms with van der Waals surface area (Å²) < 4.78 is 0. The summed E-state index contributed by atoms with van der Waals surface area (Å²) in [5.74, 6) is 0. The molecule has 0 saturated heterocycles. The van der Waals surface area contributed by atoms with Gasteiger partial charge in [-0.25, -0.2) is 9.97 Å². The maximum atomic E-state index is 5.87. The molecule has 2 heterocycles. The lowest BCUT2D eigenvalue weighted by molar-refractivity contribution is 1.22. The van der Waals surface area contributed by atoms with Crippen molar-refractivity contribution < 1.29 is 0 Å². The highest BCUT2D eigenvalue weighted by atomic mass is 35.5. The van der Waals surface area contributed by atoms with E-state index < -0.39 is 0 Å². The molecule has 0 aromatic carbocycles. The fraction of sp³-hybridized carbons (Fsp3) is 0.111. The van der Waals surface area contributed by atoms with Crippen molar-refractivity contribution in [2.45, 2.75) is 0 Å². The number of nitrogens with two attached hydrogens (primary N) is 1. The lowest BCUT2D eigenvalue weighted by atomic mass is 10.2. The molecule has 2 rings (SSSR count). The Morgan fingerprint density at radius 3 is 3.14 bits per heavy atom. The van der Waals surface area contributed by atoms with E-state index in [1.165, 1.54) is 6.33 Å². The fourth-order valence-electron chi connectivity index (χ4n) is 1.25. The first kappa shape index (κ1) is 9.18. The Hall–Kier alpha value is -1.39. The molecule has 0 aliphatic rings. The maximum absolute atomic E-state index is 5.87. The van der Waals surface area contributed by atoms with Gasteiger partial charge in [0.2, 0.25) is 0 Å². The molecule has 0 radical (unpaired) electrons. The van der Waals surface area contributed by atoms with Crippen LogP contribution in [0.4, 0.5) is 0 Å². The highest BCUT2D eigenvalue weighted by molar-refractivity contribution is 6.33. The number of nitrogens with zero attached hydrogens (tertiary/aromatic N) is 2. The quantitative estimate of drug-likeness (QED) is 0.737. The van der Waals surface area contributed by atoms with E-state index in [1.54, 1.807) is 0 Å². The predicted molar refractivity (Wildman–Crippen MR) is 57.0 cm³/mol. The Morgan fingerprint density at radius 1 is 1.50 bits per heavy atom. The molecule has 0 aliphatic heterocycles. The Kier molecular flexibility index (Phi) is 2.47. The van der Waals surface area contributed by atoms with Gasteiger partial charge in [-0.15, -0.1) is 0 Å². The highest BCUT2D eigenvalue weighted by Gasteiger charge is 2.05. The van der Waals surface area contributed by atoms with Gasteiger partial charge in [-0.3, -0.25) is 0 Å². The molecule has 72 valence electrons. The van der Waals surface area contributed by atoms with Gasteiger partial charge in [0.1, 0.15) is 17.4 Å². The van der Waals surface area contributed by atoms with Crippen LogP contribution in [-0.2, 0) is 0 Å². The van der Waals surface area contributed by atoms with E-state index in [2.05, 4.69) is 15.0 Å². The average Bonchev–Trinajstić information content (AvgIpc) is 2.60. The van der Waals surface area contributed by atoms with Crippen molar-refractivity contribution in [1.29, 1.82) is 0 Å². The molecular weight excluding hydrogens is 200 g/mol. The minimum atomic E-state index is 0.433. The van der Waals surface area contributed by atoms with Gasteiger partial charge in [0, 0.05) is 18.3 Å². The van der Waals surface area contributed by atoms with E-state index in [9.17, 15) is 0 Å². The third-order valence-electron chi connectivity index (χ3n) is 1.88. The van der Waals surface area contributed by atoms with E-state index >= 15 is 0 Å². The third-order valence-corrected chi connectivity index (χ3v) is 2.17. The van der Waals surface area contributed by atoms with Crippen LogP contribution >= 0.6 is 11.6 Å². The molecule has 3 N–H and O–H groups in total. The van der Waals surface area contributed by atoms with E-state index in [1.807, 2.05) is 18.3 Å². The van der Waals surface area contributed by atoms with Gasteiger partial charge in [0.05, 0.1) is 0 Å². The van der Waals surface area contributed by atoms with Crippen LogP contribution in [0.3, 0.4) is 0 Å². The molecule has 14 heavy (non-hydrogen) atoms. The van der Waals surface area contributed by atoms with Crippen LogP contribution < -0.4 is 5.73 Å². The Balaban J connectivity index is 2.58. The predicted octanol–water partition coefficient (Wildman–Crippen LogP) is 1.58. The van der Waals surface area contributed by atoms with Gasteiger partial charge in [-0.05, 0) is 0 Å². The summed E-state index contributed by atoms with van der Waals surface area (Å²) >= 11 is 5.87. The summed E-state index contributed by atoms with van der Waals surface area (Å²) in [5, 5.41) is 0.433. The zero-order valence-electron chi connectivity index (χ0n) is 7.37. The van der Waals surface area contributed by atoms with Crippen LogP contribution in [0.2, 0.25) is 5.15 Å². The minimum Gasteiger partial charge on any atom is -0.357 e. The average molecular weight is 209 g/mol. The summed E-state index contributed by atoms with van der Waals surface area (Å²) in [7, 11) is 0. The molecule has 0 fully saturated rings. The number of nitrogens with one attached hydrogen (secondary N) is 1. The fourth-order valence-corrected chi connectivity index (χ4v) is 1.44. The number of rotatable bonds is 2. The normalized spacial score (nSPS) is 11.6. The standard InChI is InChI=1S/C9H9ClN4/c10-9-8-7(13-5-14-9)6(4-12-8)2-1-3-11/h1-2,4-5,12H,3,11H2. The zero-order chi connectivity index (χ0) is 9.97. The Morgan fingerprint density at radius 2 is 2.36 bits per heavy atom. The highest BCUT2D eigenvalue weighted by Crippen LogP contribution is 2.21. The smallest absolute Gasteiger partial charge is 0.156 e. The van der Waals surface area contributed by atoms with Crippen LogP contribution in [0.5, 0.6) is 0 Å². The third kappa shape index (κ3) is 1.49. The van der Waals surface area contributed by atoms with Crippen LogP contribution in [0.1, 0.15) is 5.56 Å². The van der Waals surface area contributed by atoms with Crippen molar-refractivity contribution in [2.24, 2.45) is 5.73 Å². The zero-order valence-corrected chi connectivity index (χ0v) is 8.12. The number of hydrogen-bond donors (Lipinski definition) is 2. The van der Waals surface area contributed by atoms with E-state index in [0.717, 1.165) is 16.6 Å². The summed E-state index contributed by atoms with van der Waals surface area (Å²) in [5.41, 5.74) is 7.90. The molecule has 2 aromatic rings. The first-order valence-corrected chi connectivity index (χ1v) is 4.55. The summed E-state index contributed by atoms with van der Waals surface area (Å²) in [6, 6.07) is 0. The summed E-state index contributed by atoms with van der Waals surface area (Å²) in [4.78, 5) is 11.0. The van der Waals surface area contributed by atoms with Crippen molar-refractivity contribution >= 4 is 28.7 Å². The van der Waals surface area contributed by atoms with Crippen molar-refractivity contribution in [3.05, 3.63) is 29.3 Å². The number of H-pyrrole nitrogens is 1. The van der Waals surface area contributed by atoms with Crippen LogP contribution in [0.15, 0.2) is 18.6 Å². The monoisotopic (exact) mass is 208 g/mol. The SMILES string of the molecule is NCC=Cc1c[nH]c2c(Cl)ncnc12. The molecule has 2 aromatic heterocycles. The second-order valence-corrected chi connectivity index (χ2v) is 3.13. The van der Waals surface area contributed by atoms with Crippen LogP contribution in [0.25, 0.3) is 17.1 Å². The topological polar surface area (TPSA) is 67.6 Å². The number of aromatic nitrogens is 3. The van der Waals surface area contributed by atoms with E-state index in [0.29, 0.717) is 11.7 Å². The van der Waals surface area contributed by atoms with E-state index in [-0.39, 0.29) is 0 Å². The lowest BCUT2D eigenvalue weighted by Gasteiger charge is -1.91. The van der Waals surface area contributed by atoms with Crippen molar-refractivity contribution in [2.75, 3.05) is 6.54 Å². The largest absolute Gasteiger partial charge is 0.357 e. The number of halogens is 1.